The number of hydrogen-bond acceptors (Lipinski definition) is 5. The molecule has 0 aliphatic carbocycles. The summed E-state index contributed by atoms with van der Waals surface area (Å²) in [7, 11) is 0. The summed E-state index contributed by atoms with van der Waals surface area (Å²) in [6.45, 7) is 3.68. The van der Waals surface area contributed by atoms with Crippen LogP contribution in [0.2, 0.25) is 0 Å². The molecular weight excluding hydrogens is 338 g/mol. The largest absolute Gasteiger partial charge is 0.380 e. The van der Waals surface area contributed by atoms with Crippen LogP contribution in [0.15, 0.2) is 18.5 Å². The highest BCUT2D eigenvalue weighted by molar-refractivity contribution is 5.95. The quantitative estimate of drug-likeness (QED) is 0.571. The van der Waals surface area contributed by atoms with E-state index in [1.54, 1.807) is 6.92 Å². The number of nitrogens with zero attached hydrogens (tertiary/aromatic N) is 4. The van der Waals surface area contributed by atoms with Crippen molar-refractivity contribution in [3.05, 3.63) is 41.9 Å². The summed E-state index contributed by atoms with van der Waals surface area (Å²) in [5.41, 5.74) is -1.18. The molecule has 0 aliphatic heterocycles. The third-order valence-electron chi connectivity index (χ3n) is 3.76. The molecule has 1 aromatic carbocycles. The highest BCUT2D eigenvalue weighted by atomic mass is 19.1. The van der Waals surface area contributed by atoms with Crippen LogP contribution in [0, 0.1) is 23.4 Å². The lowest BCUT2D eigenvalue weighted by Crippen LogP contribution is -2.16. The Kier molecular flexibility index (Phi) is 4.47. The molecular formula is C16H13F4N5. The summed E-state index contributed by atoms with van der Waals surface area (Å²) in [6.07, 6.45) is 1.77. The first-order valence-corrected chi connectivity index (χ1v) is 7.50. The Hall–Kier alpha value is -2.84. The lowest BCUT2D eigenvalue weighted by atomic mass is 10.0. The van der Waals surface area contributed by atoms with Gasteiger partial charge in [0.2, 0.25) is 11.6 Å². The van der Waals surface area contributed by atoms with Gasteiger partial charge in [-0.1, -0.05) is 6.92 Å². The van der Waals surface area contributed by atoms with E-state index in [0.717, 1.165) is 6.33 Å². The molecule has 0 bridgehead atoms. The topological polar surface area (TPSA) is 63.6 Å². The Morgan fingerprint density at radius 3 is 2.40 bits per heavy atom. The normalized spacial score (nSPS) is 12.4. The van der Waals surface area contributed by atoms with Gasteiger partial charge in [-0.05, 0) is 13.3 Å². The minimum atomic E-state index is -1.24. The van der Waals surface area contributed by atoms with Crippen molar-refractivity contribution in [1.29, 1.82) is 0 Å². The van der Waals surface area contributed by atoms with E-state index in [1.807, 2.05) is 6.92 Å². The van der Waals surface area contributed by atoms with Gasteiger partial charge in [-0.2, -0.15) is 9.37 Å². The smallest absolute Gasteiger partial charge is 0.225 e. The summed E-state index contributed by atoms with van der Waals surface area (Å²) in [6, 6.07) is 0.797. The van der Waals surface area contributed by atoms with Gasteiger partial charge in [0, 0.05) is 18.2 Å². The van der Waals surface area contributed by atoms with Crippen LogP contribution in [-0.4, -0.2) is 26.2 Å². The van der Waals surface area contributed by atoms with Crippen LogP contribution >= 0.6 is 0 Å². The van der Waals surface area contributed by atoms with E-state index in [0.29, 0.717) is 18.6 Å². The zero-order chi connectivity index (χ0) is 18.1. The maximum absolute atomic E-state index is 14.6. The van der Waals surface area contributed by atoms with Crippen LogP contribution in [0.25, 0.3) is 22.3 Å². The second kappa shape index (κ2) is 6.58. The molecule has 5 nitrogen and oxygen atoms in total. The Bertz CT molecular complexity index is 924. The Balaban J connectivity index is 2.38. The van der Waals surface area contributed by atoms with Crippen LogP contribution in [0.5, 0.6) is 0 Å². The van der Waals surface area contributed by atoms with E-state index in [2.05, 4.69) is 25.5 Å². The van der Waals surface area contributed by atoms with Gasteiger partial charge in [-0.15, -0.1) is 10.2 Å². The average Bonchev–Trinajstić information content (AvgIpc) is 2.56. The average molecular weight is 351 g/mol. The molecule has 2 aromatic heterocycles. The van der Waals surface area contributed by atoms with Crippen molar-refractivity contribution >= 4 is 16.9 Å². The lowest BCUT2D eigenvalue weighted by Gasteiger charge is -2.19. The minimum absolute atomic E-state index is 0.0242. The molecule has 0 aliphatic rings. The van der Waals surface area contributed by atoms with Crippen molar-refractivity contribution in [2.24, 2.45) is 0 Å². The Morgan fingerprint density at radius 1 is 1.08 bits per heavy atom. The maximum atomic E-state index is 14.6. The van der Waals surface area contributed by atoms with Crippen LogP contribution in [-0.2, 0) is 0 Å². The van der Waals surface area contributed by atoms with E-state index in [9.17, 15) is 17.6 Å². The summed E-state index contributed by atoms with van der Waals surface area (Å²) in [5, 5.41) is 10.2. The highest BCUT2D eigenvalue weighted by Crippen LogP contribution is 2.38. The van der Waals surface area contributed by atoms with Crippen LogP contribution < -0.4 is 5.32 Å². The zero-order valence-corrected chi connectivity index (χ0v) is 13.3. The van der Waals surface area contributed by atoms with Crippen molar-refractivity contribution < 1.29 is 17.6 Å². The molecule has 0 saturated carbocycles. The number of pyridine rings is 1. The third kappa shape index (κ3) is 3.09. The van der Waals surface area contributed by atoms with Gasteiger partial charge in [-0.25, -0.2) is 18.2 Å². The molecule has 1 N–H and O–H groups in total. The van der Waals surface area contributed by atoms with E-state index >= 15 is 0 Å². The van der Waals surface area contributed by atoms with E-state index in [-0.39, 0.29) is 22.9 Å². The zero-order valence-electron chi connectivity index (χ0n) is 13.3. The fourth-order valence-electron chi connectivity index (χ4n) is 2.39. The van der Waals surface area contributed by atoms with Gasteiger partial charge < -0.3 is 5.32 Å². The number of rotatable bonds is 4. The van der Waals surface area contributed by atoms with Crippen LogP contribution in [0.3, 0.4) is 0 Å². The molecule has 3 rings (SSSR count). The number of aromatic nitrogens is 4. The van der Waals surface area contributed by atoms with E-state index in [4.69, 9.17) is 0 Å². The predicted molar refractivity (Wildman–Crippen MR) is 83.8 cm³/mol. The van der Waals surface area contributed by atoms with Crippen molar-refractivity contribution in [3.8, 4) is 11.1 Å². The Morgan fingerprint density at radius 2 is 1.76 bits per heavy atom. The summed E-state index contributed by atoms with van der Waals surface area (Å²) < 4.78 is 56.3. The second-order valence-corrected chi connectivity index (χ2v) is 5.48. The maximum Gasteiger partial charge on any atom is 0.225 e. The standard InChI is InChI=1S/C16H13F4N5/c1-3-7(2)23-13-12(11-9(18)4-8(17)5-10(11)19)15(20)24-16-14(13)21-6-22-25-16/h4-7H,3H2,1-2H3,(H,23,24,25). The van der Waals surface area contributed by atoms with Crippen molar-refractivity contribution in [2.75, 3.05) is 5.32 Å². The molecule has 2 heterocycles. The van der Waals surface area contributed by atoms with Crippen molar-refractivity contribution in [1.82, 2.24) is 20.2 Å². The third-order valence-corrected chi connectivity index (χ3v) is 3.76. The predicted octanol–water partition coefficient (Wildman–Crippen LogP) is 3.85. The molecule has 1 atom stereocenters. The molecule has 9 heteroatoms. The number of nitrogens with one attached hydrogen (secondary N) is 1. The van der Waals surface area contributed by atoms with Crippen molar-refractivity contribution in [2.45, 2.75) is 26.3 Å². The molecule has 0 radical (unpaired) electrons. The van der Waals surface area contributed by atoms with Crippen LogP contribution in [0.1, 0.15) is 20.3 Å². The molecule has 0 fully saturated rings. The summed E-state index contributed by atoms with van der Waals surface area (Å²) in [4.78, 5) is 7.57. The first-order valence-electron chi connectivity index (χ1n) is 7.50. The fraction of sp³-hybridized carbons (Fsp3) is 0.250. The van der Waals surface area contributed by atoms with Gasteiger partial charge in [-0.3, -0.25) is 0 Å². The molecule has 1 unspecified atom stereocenters. The van der Waals surface area contributed by atoms with Gasteiger partial charge in [0.15, 0.2) is 0 Å². The molecule has 130 valence electrons. The molecule has 0 spiro atoms. The molecule has 3 aromatic rings. The van der Waals surface area contributed by atoms with Gasteiger partial charge in [0.25, 0.3) is 0 Å². The molecule has 0 amide bonds. The first-order chi connectivity index (χ1) is 11.9. The first kappa shape index (κ1) is 17.0. The lowest BCUT2D eigenvalue weighted by molar-refractivity contribution is 0.542. The SMILES string of the molecule is CCC(C)Nc1c(-c2c(F)cc(F)cc2F)c(F)nc2nncnc12. The van der Waals surface area contributed by atoms with Gasteiger partial charge >= 0.3 is 0 Å². The highest BCUT2D eigenvalue weighted by Gasteiger charge is 2.25. The molecule has 25 heavy (non-hydrogen) atoms. The van der Waals surface area contributed by atoms with Crippen molar-refractivity contribution in [3.63, 3.8) is 0 Å². The van der Waals surface area contributed by atoms with E-state index < -0.39 is 34.5 Å². The second-order valence-electron chi connectivity index (χ2n) is 5.48. The number of anilines is 1. The van der Waals surface area contributed by atoms with Gasteiger partial charge in [0.05, 0.1) is 16.8 Å². The molecule has 0 saturated heterocycles. The van der Waals surface area contributed by atoms with E-state index in [1.165, 1.54) is 0 Å². The number of hydrogen-bond donors (Lipinski definition) is 1. The number of fused-ring (bicyclic) bond motifs is 1. The number of benzene rings is 1. The Labute approximate surface area is 140 Å². The van der Waals surface area contributed by atoms with Crippen LogP contribution in [0.4, 0.5) is 23.2 Å². The minimum Gasteiger partial charge on any atom is -0.380 e. The number of halogens is 4. The summed E-state index contributed by atoms with van der Waals surface area (Å²) in [5.74, 6) is -4.75. The summed E-state index contributed by atoms with van der Waals surface area (Å²) >= 11 is 0. The fourth-order valence-corrected chi connectivity index (χ4v) is 2.39. The monoisotopic (exact) mass is 351 g/mol. The van der Waals surface area contributed by atoms with Gasteiger partial charge in [0.1, 0.15) is 29.3 Å².